The van der Waals surface area contributed by atoms with Gasteiger partial charge in [-0.05, 0) is 69.2 Å². The number of benzene rings is 1. The van der Waals surface area contributed by atoms with Crippen molar-refractivity contribution >= 4 is 0 Å². The minimum absolute atomic E-state index is 0.0979. The Morgan fingerprint density at radius 2 is 2.20 bits per heavy atom. The zero-order chi connectivity index (χ0) is 14.1. The molecule has 2 aliphatic carbocycles. The zero-order valence-electron chi connectivity index (χ0n) is 12.4. The van der Waals surface area contributed by atoms with Crippen LogP contribution in [0.1, 0.15) is 44.2 Å². The average Bonchev–Trinajstić information content (AvgIpc) is 3.07. The van der Waals surface area contributed by atoms with Crippen molar-refractivity contribution in [2.75, 3.05) is 13.7 Å². The van der Waals surface area contributed by atoms with E-state index in [4.69, 9.17) is 4.74 Å². The van der Waals surface area contributed by atoms with E-state index in [9.17, 15) is 4.39 Å². The van der Waals surface area contributed by atoms with Crippen molar-refractivity contribution in [1.82, 2.24) is 5.32 Å². The molecule has 2 saturated carbocycles. The molecule has 0 heterocycles. The first-order valence-corrected chi connectivity index (χ1v) is 7.77. The summed E-state index contributed by atoms with van der Waals surface area (Å²) in [6.07, 6.45) is 5.52. The minimum atomic E-state index is -0.200. The number of halogens is 1. The Labute approximate surface area is 120 Å². The molecule has 0 saturated heterocycles. The standard InChI is InChI=1S/C17H24FNO/c1-11(19-2)16-9-15(18)5-6-17(16)20-10-14-8-12-3-4-13(14)7-12/h5-6,9,11-14,19H,3-4,7-8,10H2,1-2H3. The number of ether oxygens (including phenoxy) is 1. The fourth-order valence-electron chi connectivity index (χ4n) is 3.92. The van der Waals surface area contributed by atoms with E-state index in [0.717, 1.165) is 29.8 Å². The highest BCUT2D eigenvalue weighted by Gasteiger charge is 2.39. The number of hydrogen-bond donors (Lipinski definition) is 1. The molecule has 3 heteroatoms. The zero-order valence-corrected chi connectivity index (χ0v) is 12.4. The van der Waals surface area contributed by atoms with Crippen LogP contribution in [-0.4, -0.2) is 13.7 Å². The molecule has 0 aliphatic heterocycles. The molecule has 0 radical (unpaired) electrons. The van der Waals surface area contributed by atoms with E-state index in [1.807, 2.05) is 14.0 Å². The molecule has 0 aromatic heterocycles. The normalized spacial score (nSPS) is 29.6. The quantitative estimate of drug-likeness (QED) is 0.880. The van der Waals surface area contributed by atoms with Gasteiger partial charge in [0.25, 0.3) is 0 Å². The smallest absolute Gasteiger partial charge is 0.124 e. The van der Waals surface area contributed by atoms with Gasteiger partial charge in [-0.3, -0.25) is 0 Å². The number of nitrogens with one attached hydrogen (secondary N) is 1. The fraction of sp³-hybridized carbons (Fsp3) is 0.647. The Kier molecular flexibility index (Phi) is 3.97. The highest BCUT2D eigenvalue weighted by Crippen LogP contribution is 2.48. The predicted molar refractivity (Wildman–Crippen MR) is 78.3 cm³/mol. The van der Waals surface area contributed by atoms with Gasteiger partial charge < -0.3 is 10.1 Å². The topological polar surface area (TPSA) is 21.3 Å². The molecule has 2 bridgehead atoms. The molecule has 4 unspecified atom stereocenters. The second kappa shape index (κ2) is 5.72. The molecular weight excluding hydrogens is 253 g/mol. The number of hydrogen-bond acceptors (Lipinski definition) is 2. The number of fused-ring (bicyclic) bond motifs is 2. The van der Waals surface area contributed by atoms with E-state index in [-0.39, 0.29) is 11.9 Å². The van der Waals surface area contributed by atoms with E-state index < -0.39 is 0 Å². The van der Waals surface area contributed by atoms with Gasteiger partial charge in [-0.25, -0.2) is 4.39 Å². The van der Waals surface area contributed by atoms with Crippen LogP contribution in [0.25, 0.3) is 0 Å². The summed E-state index contributed by atoms with van der Waals surface area (Å²) in [5.74, 6) is 3.14. The van der Waals surface area contributed by atoms with E-state index >= 15 is 0 Å². The van der Waals surface area contributed by atoms with Crippen molar-refractivity contribution in [3.05, 3.63) is 29.6 Å². The van der Waals surface area contributed by atoms with Crippen molar-refractivity contribution in [2.45, 2.75) is 38.6 Å². The van der Waals surface area contributed by atoms with Crippen LogP contribution < -0.4 is 10.1 Å². The molecule has 4 atom stereocenters. The Bertz CT molecular complexity index is 476. The summed E-state index contributed by atoms with van der Waals surface area (Å²) in [5, 5.41) is 3.16. The maximum atomic E-state index is 13.4. The van der Waals surface area contributed by atoms with Crippen LogP contribution in [0.4, 0.5) is 4.39 Å². The summed E-state index contributed by atoms with van der Waals surface area (Å²) in [7, 11) is 1.88. The van der Waals surface area contributed by atoms with Crippen LogP contribution in [0.5, 0.6) is 5.75 Å². The molecule has 110 valence electrons. The molecule has 0 amide bonds. The monoisotopic (exact) mass is 277 g/mol. The van der Waals surface area contributed by atoms with Crippen molar-refractivity contribution in [1.29, 1.82) is 0 Å². The fourth-order valence-corrected chi connectivity index (χ4v) is 3.92. The molecule has 0 spiro atoms. The maximum absolute atomic E-state index is 13.4. The molecule has 3 rings (SSSR count). The summed E-state index contributed by atoms with van der Waals surface area (Å²) in [6, 6.07) is 4.94. The first kappa shape index (κ1) is 13.9. The third-order valence-electron chi connectivity index (χ3n) is 5.21. The van der Waals surface area contributed by atoms with Gasteiger partial charge in [-0.2, -0.15) is 0 Å². The largest absolute Gasteiger partial charge is 0.493 e. The van der Waals surface area contributed by atoms with Crippen LogP contribution in [0, 0.1) is 23.6 Å². The summed E-state index contributed by atoms with van der Waals surface area (Å²) >= 11 is 0. The molecule has 1 aromatic rings. The first-order chi connectivity index (χ1) is 9.67. The highest BCUT2D eigenvalue weighted by atomic mass is 19.1. The van der Waals surface area contributed by atoms with Gasteiger partial charge >= 0.3 is 0 Å². The molecule has 2 fully saturated rings. The van der Waals surface area contributed by atoms with Gasteiger partial charge in [-0.15, -0.1) is 0 Å². The molecule has 1 N–H and O–H groups in total. The van der Waals surface area contributed by atoms with Gasteiger partial charge in [0.1, 0.15) is 11.6 Å². The van der Waals surface area contributed by atoms with Gasteiger partial charge in [0.15, 0.2) is 0 Å². The maximum Gasteiger partial charge on any atom is 0.124 e. The second-order valence-electron chi connectivity index (χ2n) is 6.44. The summed E-state index contributed by atoms with van der Waals surface area (Å²) in [6.45, 7) is 2.81. The van der Waals surface area contributed by atoms with E-state index in [2.05, 4.69) is 5.32 Å². The van der Waals surface area contributed by atoms with Crippen molar-refractivity contribution < 1.29 is 9.13 Å². The van der Waals surface area contributed by atoms with Crippen LogP contribution in [0.3, 0.4) is 0 Å². The lowest BCUT2D eigenvalue weighted by Crippen LogP contribution is -2.20. The third-order valence-corrected chi connectivity index (χ3v) is 5.21. The van der Waals surface area contributed by atoms with Gasteiger partial charge in [0, 0.05) is 11.6 Å². The SMILES string of the molecule is CNC(C)c1cc(F)ccc1OCC1CC2CCC1C2. The lowest BCUT2D eigenvalue weighted by molar-refractivity contribution is 0.193. The molecule has 2 nitrogen and oxygen atoms in total. The van der Waals surface area contributed by atoms with Crippen molar-refractivity contribution in [3.63, 3.8) is 0 Å². The molecule has 20 heavy (non-hydrogen) atoms. The lowest BCUT2D eigenvalue weighted by atomic mass is 9.89. The highest BCUT2D eigenvalue weighted by molar-refractivity contribution is 5.36. The van der Waals surface area contributed by atoms with E-state index in [1.54, 1.807) is 12.1 Å². The molecule has 1 aromatic carbocycles. The lowest BCUT2D eigenvalue weighted by Gasteiger charge is -2.23. The van der Waals surface area contributed by atoms with Gasteiger partial charge in [0.05, 0.1) is 6.61 Å². The Morgan fingerprint density at radius 3 is 2.85 bits per heavy atom. The van der Waals surface area contributed by atoms with Crippen LogP contribution >= 0.6 is 0 Å². The predicted octanol–water partition coefficient (Wildman–Crippen LogP) is 3.92. The van der Waals surface area contributed by atoms with Crippen LogP contribution in [-0.2, 0) is 0 Å². The summed E-state index contributed by atoms with van der Waals surface area (Å²) in [5.41, 5.74) is 0.913. The molecule has 2 aliphatic rings. The minimum Gasteiger partial charge on any atom is -0.493 e. The van der Waals surface area contributed by atoms with E-state index in [1.165, 1.54) is 31.7 Å². The second-order valence-corrected chi connectivity index (χ2v) is 6.44. The average molecular weight is 277 g/mol. The van der Waals surface area contributed by atoms with Crippen molar-refractivity contribution in [3.8, 4) is 5.75 Å². The molecular formula is C17H24FNO. The van der Waals surface area contributed by atoms with Crippen LogP contribution in [0.2, 0.25) is 0 Å². The van der Waals surface area contributed by atoms with E-state index in [0.29, 0.717) is 5.92 Å². The number of rotatable bonds is 5. The third kappa shape index (κ3) is 2.69. The Balaban J connectivity index is 1.67. The first-order valence-electron chi connectivity index (χ1n) is 7.77. The summed E-state index contributed by atoms with van der Waals surface area (Å²) in [4.78, 5) is 0. The van der Waals surface area contributed by atoms with Crippen LogP contribution in [0.15, 0.2) is 18.2 Å². The Morgan fingerprint density at radius 1 is 1.35 bits per heavy atom. The Hall–Kier alpha value is -1.09. The van der Waals surface area contributed by atoms with Gasteiger partial charge in [-0.1, -0.05) is 6.42 Å². The van der Waals surface area contributed by atoms with Crippen molar-refractivity contribution in [2.24, 2.45) is 17.8 Å². The van der Waals surface area contributed by atoms with Gasteiger partial charge in [0.2, 0.25) is 0 Å². The summed E-state index contributed by atoms with van der Waals surface area (Å²) < 4.78 is 19.5.